The van der Waals surface area contributed by atoms with Crippen LogP contribution in [0.5, 0.6) is 0 Å². The van der Waals surface area contributed by atoms with Crippen LogP contribution in [0.3, 0.4) is 0 Å². The molecule has 3 rings (SSSR count). The molecule has 0 spiro atoms. The molecule has 1 heterocycles. The molecule has 0 radical (unpaired) electrons. The van der Waals surface area contributed by atoms with Crippen molar-refractivity contribution in [3.63, 3.8) is 0 Å². The molecule has 1 aromatic heterocycles. The standard InChI is InChI=1S/C19H18ClN3O2/c1-12(17-11-21-18(24)16-6-4-3-5-15(16)17)23(2)19(25)22-14-9-7-13(20)8-10-14/h3-12H,1-2H3,(H,21,24)(H,22,25)/t12-/m0/s1. The van der Waals surface area contributed by atoms with E-state index in [9.17, 15) is 9.59 Å². The summed E-state index contributed by atoms with van der Waals surface area (Å²) in [6.45, 7) is 1.92. The molecule has 1 atom stereocenters. The SMILES string of the molecule is C[C@@H](c1c[nH]c(=O)c2ccccc12)N(C)C(=O)Nc1ccc(Cl)cc1. The van der Waals surface area contributed by atoms with Crippen molar-refractivity contribution in [1.82, 2.24) is 9.88 Å². The predicted octanol–water partition coefficient (Wildman–Crippen LogP) is 4.41. The van der Waals surface area contributed by atoms with E-state index in [1.54, 1.807) is 48.5 Å². The lowest BCUT2D eigenvalue weighted by molar-refractivity contribution is 0.208. The number of benzene rings is 2. The molecule has 25 heavy (non-hydrogen) atoms. The van der Waals surface area contributed by atoms with E-state index in [2.05, 4.69) is 10.3 Å². The summed E-state index contributed by atoms with van der Waals surface area (Å²) >= 11 is 5.86. The molecule has 0 bridgehead atoms. The molecule has 0 aliphatic carbocycles. The van der Waals surface area contributed by atoms with Crippen molar-refractivity contribution in [2.24, 2.45) is 0 Å². The highest BCUT2D eigenvalue weighted by Crippen LogP contribution is 2.25. The average Bonchev–Trinajstić information content (AvgIpc) is 2.63. The number of carbonyl (C=O) groups excluding carboxylic acids is 1. The van der Waals surface area contributed by atoms with Crippen LogP contribution in [0.25, 0.3) is 10.8 Å². The summed E-state index contributed by atoms with van der Waals surface area (Å²) in [5.41, 5.74) is 1.41. The van der Waals surface area contributed by atoms with Gasteiger partial charge in [-0.3, -0.25) is 4.79 Å². The second-order valence-electron chi connectivity index (χ2n) is 5.84. The van der Waals surface area contributed by atoms with Crippen LogP contribution in [-0.2, 0) is 0 Å². The Morgan fingerprint density at radius 2 is 1.76 bits per heavy atom. The maximum atomic E-state index is 12.5. The van der Waals surface area contributed by atoms with E-state index in [0.717, 1.165) is 10.9 Å². The maximum Gasteiger partial charge on any atom is 0.322 e. The minimum Gasteiger partial charge on any atom is -0.328 e. The summed E-state index contributed by atoms with van der Waals surface area (Å²) in [4.78, 5) is 28.8. The number of anilines is 1. The molecule has 2 aromatic carbocycles. The molecule has 6 heteroatoms. The van der Waals surface area contributed by atoms with Crippen molar-refractivity contribution in [2.45, 2.75) is 13.0 Å². The first kappa shape index (κ1) is 17.0. The Labute approximate surface area is 150 Å². The van der Waals surface area contributed by atoms with E-state index >= 15 is 0 Å². The third-order valence-electron chi connectivity index (χ3n) is 4.29. The number of nitrogens with one attached hydrogen (secondary N) is 2. The van der Waals surface area contributed by atoms with Crippen molar-refractivity contribution in [2.75, 3.05) is 12.4 Å². The summed E-state index contributed by atoms with van der Waals surface area (Å²) in [7, 11) is 1.72. The normalized spacial score (nSPS) is 12.0. The Morgan fingerprint density at radius 3 is 2.44 bits per heavy atom. The third-order valence-corrected chi connectivity index (χ3v) is 4.54. The summed E-state index contributed by atoms with van der Waals surface area (Å²) in [6.07, 6.45) is 1.67. The predicted molar refractivity (Wildman–Crippen MR) is 101 cm³/mol. The Kier molecular flexibility index (Phi) is 4.76. The molecule has 0 aliphatic rings. The molecular formula is C19H18ClN3O2. The molecule has 5 nitrogen and oxygen atoms in total. The van der Waals surface area contributed by atoms with Gasteiger partial charge in [-0.1, -0.05) is 29.8 Å². The van der Waals surface area contributed by atoms with Gasteiger partial charge in [0.2, 0.25) is 0 Å². The topological polar surface area (TPSA) is 65.2 Å². The molecule has 0 saturated heterocycles. The van der Waals surface area contributed by atoms with Crippen LogP contribution in [0, 0.1) is 0 Å². The minimum absolute atomic E-state index is 0.139. The van der Waals surface area contributed by atoms with Gasteiger partial charge in [0, 0.05) is 29.3 Å². The maximum absolute atomic E-state index is 12.5. The van der Waals surface area contributed by atoms with Gasteiger partial charge in [0.05, 0.1) is 6.04 Å². The summed E-state index contributed by atoms with van der Waals surface area (Å²) in [5, 5.41) is 4.89. The van der Waals surface area contributed by atoms with E-state index in [-0.39, 0.29) is 17.6 Å². The van der Waals surface area contributed by atoms with Gasteiger partial charge >= 0.3 is 6.03 Å². The molecule has 0 fully saturated rings. The van der Waals surface area contributed by atoms with Crippen LogP contribution in [-0.4, -0.2) is 23.0 Å². The zero-order valence-electron chi connectivity index (χ0n) is 13.9. The average molecular weight is 356 g/mol. The second-order valence-corrected chi connectivity index (χ2v) is 6.28. The van der Waals surface area contributed by atoms with Crippen molar-refractivity contribution < 1.29 is 4.79 Å². The second kappa shape index (κ2) is 6.99. The van der Waals surface area contributed by atoms with Gasteiger partial charge in [0.15, 0.2) is 0 Å². The van der Waals surface area contributed by atoms with Gasteiger partial charge in [-0.25, -0.2) is 4.79 Å². The highest BCUT2D eigenvalue weighted by Gasteiger charge is 2.20. The van der Waals surface area contributed by atoms with E-state index in [1.165, 1.54) is 0 Å². The summed E-state index contributed by atoms with van der Waals surface area (Å²) < 4.78 is 0. The van der Waals surface area contributed by atoms with Crippen molar-refractivity contribution in [3.8, 4) is 0 Å². The summed E-state index contributed by atoms with van der Waals surface area (Å²) in [5.74, 6) is 0. The fraction of sp³-hybridized carbons (Fsp3) is 0.158. The Hall–Kier alpha value is -2.79. The van der Waals surface area contributed by atoms with Crippen LogP contribution in [0.15, 0.2) is 59.5 Å². The van der Waals surface area contributed by atoms with E-state index in [1.807, 2.05) is 25.1 Å². The number of halogens is 1. The van der Waals surface area contributed by atoms with E-state index < -0.39 is 0 Å². The van der Waals surface area contributed by atoms with Crippen molar-refractivity contribution in [3.05, 3.63) is 75.7 Å². The third kappa shape index (κ3) is 3.51. The number of pyridine rings is 1. The zero-order chi connectivity index (χ0) is 18.0. The number of urea groups is 1. The zero-order valence-corrected chi connectivity index (χ0v) is 14.7. The molecule has 0 aliphatic heterocycles. The van der Waals surface area contributed by atoms with Gasteiger partial charge in [-0.2, -0.15) is 0 Å². The molecular weight excluding hydrogens is 338 g/mol. The number of hydrogen-bond acceptors (Lipinski definition) is 2. The number of aromatic nitrogens is 1. The number of amides is 2. The smallest absolute Gasteiger partial charge is 0.322 e. The number of nitrogens with zero attached hydrogens (tertiary/aromatic N) is 1. The first-order chi connectivity index (χ1) is 12.0. The molecule has 3 aromatic rings. The summed E-state index contributed by atoms with van der Waals surface area (Å²) in [6, 6.07) is 13.8. The Balaban J connectivity index is 1.86. The molecule has 2 amide bonds. The van der Waals surface area contributed by atoms with Crippen LogP contribution in [0.2, 0.25) is 5.02 Å². The molecule has 0 saturated carbocycles. The highest BCUT2D eigenvalue weighted by molar-refractivity contribution is 6.30. The molecule has 128 valence electrons. The van der Waals surface area contributed by atoms with Crippen molar-refractivity contribution >= 4 is 34.1 Å². The largest absolute Gasteiger partial charge is 0.328 e. The quantitative estimate of drug-likeness (QED) is 0.731. The number of H-pyrrole nitrogens is 1. The lowest BCUT2D eigenvalue weighted by atomic mass is 10.0. The van der Waals surface area contributed by atoms with Gasteiger partial charge in [-0.05, 0) is 48.2 Å². The van der Waals surface area contributed by atoms with Crippen LogP contribution in [0.4, 0.5) is 10.5 Å². The van der Waals surface area contributed by atoms with E-state index in [0.29, 0.717) is 16.1 Å². The first-order valence-corrected chi connectivity index (χ1v) is 8.25. The highest BCUT2D eigenvalue weighted by atomic mass is 35.5. The van der Waals surface area contributed by atoms with Crippen LogP contribution in [0.1, 0.15) is 18.5 Å². The number of hydrogen-bond donors (Lipinski definition) is 2. The fourth-order valence-corrected chi connectivity index (χ4v) is 2.83. The number of aromatic amines is 1. The number of rotatable bonds is 3. The van der Waals surface area contributed by atoms with Crippen molar-refractivity contribution in [1.29, 1.82) is 0 Å². The number of carbonyl (C=O) groups is 1. The Bertz CT molecular complexity index is 966. The number of fused-ring (bicyclic) bond motifs is 1. The van der Waals surface area contributed by atoms with Gasteiger partial charge in [0.25, 0.3) is 5.56 Å². The lowest BCUT2D eigenvalue weighted by Crippen LogP contribution is -2.34. The minimum atomic E-state index is -0.245. The lowest BCUT2D eigenvalue weighted by Gasteiger charge is -2.26. The van der Waals surface area contributed by atoms with Gasteiger partial charge in [0.1, 0.15) is 0 Å². The van der Waals surface area contributed by atoms with Gasteiger partial charge in [-0.15, -0.1) is 0 Å². The first-order valence-electron chi connectivity index (χ1n) is 7.87. The fourth-order valence-electron chi connectivity index (χ4n) is 2.71. The monoisotopic (exact) mass is 355 g/mol. The van der Waals surface area contributed by atoms with Crippen LogP contribution < -0.4 is 10.9 Å². The molecule has 2 N–H and O–H groups in total. The van der Waals surface area contributed by atoms with E-state index in [4.69, 9.17) is 11.6 Å². The van der Waals surface area contributed by atoms with Crippen LogP contribution >= 0.6 is 11.6 Å². The van der Waals surface area contributed by atoms with Gasteiger partial charge < -0.3 is 15.2 Å². The Morgan fingerprint density at radius 1 is 1.12 bits per heavy atom. The molecule has 0 unspecified atom stereocenters.